The molecule has 0 atom stereocenters. The molecule has 0 unspecified atom stereocenters. The van der Waals surface area contributed by atoms with E-state index >= 15 is 0 Å². The summed E-state index contributed by atoms with van der Waals surface area (Å²) in [4.78, 5) is 20.1. The summed E-state index contributed by atoms with van der Waals surface area (Å²) in [7, 11) is 1.65. The summed E-state index contributed by atoms with van der Waals surface area (Å²) in [6, 6.07) is 2.12. The van der Waals surface area contributed by atoms with Crippen molar-refractivity contribution in [3.8, 4) is 17.0 Å². The standard InChI is InChI=1S/C23H27N7O3S/c1-13-10-24-18(14(2)21(13)33-3)11-30-26-17-9-15(5-8-29-6-4-7-29)16-12-34-28-22(25-23(31)32)20(27-30)19(16)17/h9-10H,4-8,11-12H2,1-3H3,(H,25,28)(H,31,32). The number of ether oxygens (including phenoxy) is 1. The van der Waals surface area contributed by atoms with Crippen molar-refractivity contribution in [1.82, 2.24) is 30.2 Å². The third-order valence-electron chi connectivity index (χ3n) is 6.43. The highest BCUT2D eigenvalue weighted by molar-refractivity contribution is 7.97. The lowest BCUT2D eigenvalue weighted by Gasteiger charge is -2.30. The van der Waals surface area contributed by atoms with E-state index in [4.69, 9.17) is 14.9 Å². The topological polar surface area (TPSA) is 118 Å². The molecule has 4 heterocycles. The molecular formula is C23H27N7O3S. The van der Waals surface area contributed by atoms with Crippen molar-refractivity contribution in [3.63, 3.8) is 0 Å². The zero-order valence-electron chi connectivity index (χ0n) is 19.5. The number of amides is 1. The van der Waals surface area contributed by atoms with E-state index in [0.717, 1.165) is 65.4 Å². The van der Waals surface area contributed by atoms with Crippen molar-refractivity contribution in [2.75, 3.05) is 26.7 Å². The van der Waals surface area contributed by atoms with Crippen LogP contribution in [0.5, 0.6) is 5.75 Å². The minimum atomic E-state index is -1.17. The van der Waals surface area contributed by atoms with Crippen LogP contribution in [-0.4, -0.2) is 68.7 Å². The van der Waals surface area contributed by atoms with Gasteiger partial charge in [0.15, 0.2) is 5.84 Å². The summed E-state index contributed by atoms with van der Waals surface area (Å²) in [5.41, 5.74) is 7.20. The number of rotatable bonds is 6. The maximum absolute atomic E-state index is 11.5. The van der Waals surface area contributed by atoms with Crippen molar-refractivity contribution in [2.45, 2.75) is 39.0 Å². The highest BCUT2D eigenvalue weighted by Crippen LogP contribution is 2.38. The van der Waals surface area contributed by atoms with Crippen LogP contribution in [0.25, 0.3) is 11.3 Å². The minimum Gasteiger partial charge on any atom is -0.496 e. The largest absolute Gasteiger partial charge is 0.496 e. The maximum atomic E-state index is 11.5. The van der Waals surface area contributed by atoms with Crippen LogP contribution < -0.4 is 10.1 Å². The number of hydrogen-bond donors (Lipinski definition) is 2. The van der Waals surface area contributed by atoms with Crippen LogP contribution in [0.3, 0.4) is 0 Å². The number of aromatic nitrogens is 4. The molecule has 1 aromatic rings. The van der Waals surface area contributed by atoms with Crippen molar-refractivity contribution in [1.29, 1.82) is 0 Å². The Balaban J connectivity index is 1.58. The van der Waals surface area contributed by atoms with Gasteiger partial charge >= 0.3 is 6.09 Å². The third-order valence-corrected chi connectivity index (χ3v) is 7.16. The number of amidine groups is 1. The molecule has 1 amide bonds. The van der Waals surface area contributed by atoms with Gasteiger partial charge < -0.3 is 14.7 Å². The molecule has 2 N–H and O–H groups in total. The van der Waals surface area contributed by atoms with Gasteiger partial charge in [0, 0.05) is 35.2 Å². The van der Waals surface area contributed by atoms with E-state index in [2.05, 4.69) is 25.7 Å². The Hall–Kier alpha value is -3.18. The SMILES string of the molecule is COc1c(C)cnc(Cn2nc3cc(CCN4CCC4)c4c-3c(n2)C(NC(=O)O)=NSC4)c1C. The summed E-state index contributed by atoms with van der Waals surface area (Å²) in [5.74, 6) is 1.67. The fraction of sp³-hybridized carbons (Fsp3) is 0.435. The molecule has 1 aromatic heterocycles. The number of hydrogen-bond acceptors (Lipinski definition) is 8. The Morgan fingerprint density at radius 1 is 1.29 bits per heavy atom. The smallest absolute Gasteiger partial charge is 0.410 e. The molecule has 10 nitrogen and oxygen atoms in total. The molecule has 4 aliphatic rings. The summed E-state index contributed by atoms with van der Waals surface area (Å²) in [5, 5.41) is 21.3. The molecule has 1 saturated heterocycles. The van der Waals surface area contributed by atoms with Gasteiger partial charge in [-0.2, -0.15) is 19.4 Å². The van der Waals surface area contributed by atoms with E-state index < -0.39 is 6.09 Å². The maximum Gasteiger partial charge on any atom is 0.410 e. The highest BCUT2D eigenvalue weighted by atomic mass is 32.2. The molecule has 5 rings (SSSR count). The second-order valence-electron chi connectivity index (χ2n) is 8.62. The summed E-state index contributed by atoms with van der Waals surface area (Å²) < 4.78 is 9.98. The molecule has 0 spiro atoms. The first-order valence-electron chi connectivity index (χ1n) is 11.3. The predicted molar refractivity (Wildman–Crippen MR) is 130 cm³/mol. The van der Waals surface area contributed by atoms with E-state index in [1.807, 2.05) is 13.8 Å². The van der Waals surface area contributed by atoms with Gasteiger partial charge in [0.25, 0.3) is 0 Å². The van der Waals surface area contributed by atoms with E-state index in [1.54, 1.807) is 18.1 Å². The highest BCUT2D eigenvalue weighted by Gasteiger charge is 2.29. The van der Waals surface area contributed by atoms with E-state index in [9.17, 15) is 9.90 Å². The lowest BCUT2D eigenvalue weighted by atomic mass is 10.1. The van der Waals surface area contributed by atoms with Crippen LogP contribution in [0.2, 0.25) is 0 Å². The molecule has 0 radical (unpaired) electrons. The molecule has 0 bridgehead atoms. The molecule has 0 aromatic carbocycles. The molecule has 34 heavy (non-hydrogen) atoms. The molecule has 0 saturated carbocycles. The zero-order valence-corrected chi connectivity index (χ0v) is 20.3. The first-order valence-corrected chi connectivity index (χ1v) is 12.2. The van der Waals surface area contributed by atoms with Gasteiger partial charge in [-0.3, -0.25) is 10.3 Å². The van der Waals surface area contributed by atoms with E-state index in [0.29, 0.717) is 18.0 Å². The molecule has 178 valence electrons. The zero-order chi connectivity index (χ0) is 23.8. The third kappa shape index (κ3) is 4.21. The van der Waals surface area contributed by atoms with Gasteiger partial charge in [-0.15, -0.1) is 0 Å². The fourth-order valence-electron chi connectivity index (χ4n) is 4.56. The lowest BCUT2D eigenvalue weighted by Crippen LogP contribution is -2.38. The van der Waals surface area contributed by atoms with Gasteiger partial charge in [-0.05, 0) is 68.9 Å². The fourth-order valence-corrected chi connectivity index (χ4v) is 5.34. The van der Waals surface area contributed by atoms with Crippen LogP contribution >= 0.6 is 11.9 Å². The second-order valence-corrected chi connectivity index (χ2v) is 9.35. The average Bonchev–Trinajstić information content (AvgIpc) is 3.00. The Labute approximate surface area is 201 Å². The number of likely N-dealkylation sites (tertiary alicyclic amines) is 1. The first kappa shape index (κ1) is 22.6. The van der Waals surface area contributed by atoms with Gasteiger partial charge in [-0.1, -0.05) is 0 Å². The van der Waals surface area contributed by atoms with Crippen molar-refractivity contribution < 1.29 is 14.6 Å². The van der Waals surface area contributed by atoms with Crippen LogP contribution in [0.15, 0.2) is 16.7 Å². The normalized spacial score (nSPS) is 15.6. The summed E-state index contributed by atoms with van der Waals surface area (Å²) in [6.45, 7) is 7.55. The number of nitrogens with zero attached hydrogens (tertiary/aromatic N) is 6. The monoisotopic (exact) mass is 481 g/mol. The van der Waals surface area contributed by atoms with E-state index in [1.165, 1.54) is 23.9 Å². The number of carboxylic acid groups (broad SMARTS) is 1. The van der Waals surface area contributed by atoms with Gasteiger partial charge in [0.1, 0.15) is 18.0 Å². The number of carbonyl (C=O) groups is 1. The van der Waals surface area contributed by atoms with Crippen LogP contribution in [0.4, 0.5) is 4.79 Å². The van der Waals surface area contributed by atoms with Crippen molar-refractivity contribution in [3.05, 3.63) is 45.9 Å². The predicted octanol–water partition coefficient (Wildman–Crippen LogP) is 2.88. The minimum absolute atomic E-state index is 0.225. The van der Waals surface area contributed by atoms with Crippen molar-refractivity contribution >= 4 is 23.9 Å². The van der Waals surface area contributed by atoms with Crippen LogP contribution in [0.1, 0.15) is 40.1 Å². The van der Waals surface area contributed by atoms with E-state index in [-0.39, 0.29) is 5.84 Å². The van der Waals surface area contributed by atoms with Gasteiger partial charge in [0.05, 0.1) is 18.5 Å². The van der Waals surface area contributed by atoms with Gasteiger partial charge in [-0.25, -0.2) is 4.79 Å². The number of pyridine rings is 1. The van der Waals surface area contributed by atoms with Crippen LogP contribution in [-0.2, 0) is 18.7 Å². The van der Waals surface area contributed by atoms with Crippen molar-refractivity contribution in [2.24, 2.45) is 4.40 Å². The number of aryl methyl sites for hydroxylation is 1. The molecule has 11 heteroatoms. The number of methoxy groups -OCH3 is 1. The first-order chi connectivity index (χ1) is 16.4. The Morgan fingerprint density at radius 3 is 2.82 bits per heavy atom. The quantitative estimate of drug-likeness (QED) is 0.516. The molecular weight excluding hydrogens is 454 g/mol. The lowest BCUT2D eigenvalue weighted by molar-refractivity contribution is 0.184. The second kappa shape index (κ2) is 9.22. The molecule has 1 fully saturated rings. The number of nitrogens with one attached hydrogen (secondary N) is 1. The summed E-state index contributed by atoms with van der Waals surface area (Å²) >= 11 is 1.33. The average molecular weight is 482 g/mol. The Bertz CT molecular complexity index is 1250. The Kier molecular flexibility index (Phi) is 6.13. The molecule has 3 aliphatic heterocycles. The van der Waals surface area contributed by atoms with Crippen LogP contribution in [0, 0.1) is 13.8 Å². The van der Waals surface area contributed by atoms with Gasteiger partial charge in [0.2, 0.25) is 0 Å². The Morgan fingerprint density at radius 2 is 2.12 bits per heavy atom. The summed E-state index contributed by atoms with van der Waals surface area (Å²) in [6.07, 6.45) is 2.78. The molecule has 1 aliphatic carbocycles.